The summed E-state index contributed by atoms with van der Waals surface area (Å²) < 4.78 is 5.22. The average molecular weight is 233 g/mol. The fourth-order valence-electron chi connectivity index (χ4n) is 1.93. The number of hydrogen-bond donors (Lipinski definition) is 0. The zero-order valence-corrected chi connectivity index (χ0v) is 10.3. The Balaban J connectivity index is 2.19. The van der Waals surface area contributed by atoms with Gasteiger partial charge in [0.2, 0.25) is 0 Å². The molecule has 15 heavy (non-hydrogen) atoms. The summed E-state index contributed by atoms with van der Waals surface area (Å²) in [5, 5.41) is 0. The van der Waals surface area contributed by atoms with Gasteiger partial charge < -0.3 is 4.74 Å². The molecule has 3 heteroatoms. The highest BCUT2D eigenvalue weighted by Gasteiger charge is 2.30. The molecule has 0 aromatic carbocycles. The van der Waals surface area contributed by atoms with E-state index < -0.39 is 0 Å². The molecule has 0 aromatic heterocycles. The van der Waals surface area contributed by atoms with Crippen molar-refractivity contribution in [2.45, 2.75) is 63.2 Å². The molecule has 1 rings (SSSR count). The van der Waals surface area contributed by atoms with Crippen molar-refractivity contribution in [1.29, 1.82) is 0 Å². The van der Waals surface area contributed by atoms with Gasteiger partial charge in [-0.3, -0.25) is 4.79 Å². The highest BCUT2D eigenvalue weighted by molar-refractivity contribution is 6.24. The van der Waals surface area contributed by atoms with Gasteiger partial charge in [-0.25, -0.2) is 0 Å². The molecule has 0 N–H and O–H groups in total. The quantitative estimate of drug-likeness (QED) is 0.534. The molecule has 0 aromatic rings. The molecule has 0 saturated heterocycles. The van der Waals surface area contributed by atoms with Crippen LogP contribution in [0.25, 0.3) is 0 Å². The summed E-state index contributed by atoms with van der Waals surface area (Å²) in [5.74, 6) is -0.0950. The Kier molecular flexibility index (Phi) is 5.44. The number of carbonyl (C=O) groups is 1. The van der Waals surface area contributed by atoms with Crippen molar-refractivity contribution >= 4 is 17.6 Å². The van der Waals surface area contributed by atoms with Gasteiger partial charge in [0.25, 0.3) is 0 Å². The summed E-state index contributed by atoms with van der Waals surface area (Å²) in [6, 6.07) is 0. The first kappa shape index (κ1) is 12.8. The van der Waals surface area contributed by atoms with Gasteiger partial charge in [0, 0.05) is 6.42 Å². The number of halogens is 1. The van der Waals surface area contributed by atoms with E-state index in [1.54, 1.807) is 0 Å². The number of unbranched alkanes of at least 4 members (excludes halogenated alkanes) is 1. The summed E-state index contributed by atoms with van der Waals surface area (Å²) in [6.07, 6.45) is 8.02. The third-order valence-corrected chi connectivity index (χ3v) is 3.46. The van der Waals surface area contributed by atoms with Crippen molar-refractivity contribution in [3.63, 3.8) is 0 Å². The minimum Gasteiger partial charge on any atom is -0.464 e. The second-order valence-corrected chi connectivity index (χ2v) is 5.28. The molecule has 88 valence electrons. The number of alkyl halides is 1. The van der Waals surface area contributed by atoms with E-state index in [2.05, 4.69) is 6.92 Å². The van der Waals surface area contributed by atoms with E-state index in [1.807, 2.05) is 0 Å². The van der Waals surface area contributed by atoms with E-state index >= 15 is 0 Å². The zero-order chi connectivity index (χ0) is 11.1. The second-order valence-electron chi connectivity index (χ2n) is 4.48. The average Bonchev–Trinajstić information content (AvgIpc) is 2.25. The van der Waals surface area contributed by atoms with Crippen molar-refractivity contribution in [1.82, 2.24) is 0 Å². The highest BCUT2D eigenvalue weighted by atomic mass is 35.5. The molecule has 0 unspecified atom stereocenters. The van der Waals surface area contributed by atoms with Gasteiger partial charge in [-0.2, -0.15) is 0 Å². The van der Waals surface area contributed by atoms with Crippen LogP contribution >= 0.6 is 11.6 Å². The fraction of sp³-hybridized carbons (Fsp3) is 0.917. The third kappa shape index (κ3) is 4.87. The molecule has 1 fully saturated rings. The smallest absolute Gasteiger partial charge is 0.305 e. The second kappa shape index (κ2) is 6.37. The maximum absolute atomic E-state index is 11.3. The molecular formula is C12H21ClO2. The first-order valence-corrected chi connectivity index (χ1v) is 6.39. The van der Waals surface area contributed by atoms with E-state index in [-0.39, 0.29) is 10.8 Å². The Hall–Kier alpha value is -0.240. The molecule has 1 aliphatic carbocycles. The van der Waals surface area contributed by atoms with Gasteiger partial charge in [-0.15, -0.1) is 11.6 Å². The van der Waals surface area contributed by atoms with Gasteiger partial charge in [-0.05, 0) is 19.3 Å². The molecule has 0 radical (unpaired) electrons. The minimum atomic E-state index is -0.264. The Labute approximate surface area is 97.3 Å². The van der Waals surface area contributed by atoms with Gasteiger partial charge in [-0.1, -0.05) is 32.6 Å². The van der Waals surface area contributed by atoms with Crippen LogP contribution in [0.2, 0.25) is 0 Å². The van der Waals surface area contributed by atoms with Crippen LogP contribution in [0.3, 0.4) is 0 Å². The number of esters is 1. The van der Waals surface area contributed by atoms with E-state index in [4.69, 9.17) is 16.3 Å². The zero-order valence-electron chi connectivity index (χ0n) is 9.56. The maximum Gasteiger partial charge on any atom is 0.305 e. The lowest BCUT2D eigenvalue weighted by atomic mass is 9.89. The molecule has 0 spiro atoms. The minimum absolute atomic E-state index is 0.0950. The topological polar surface area (TPSA) is 26.3 Å². The molecule has 0 heterocycles. The normalized spacial score (nSPS) is 19.9. The van der Waals surface area contributed by atoms with Gasteiger partial charge in [0.1, 0.15) is 6.61 Å². The van der Waals surface area contributed by atoms with Crippen molar-refractivity contribution in [3.8, 4) is 0 Å². The molecule has 0 aliphatic heterocycles. The lowest BCUT2D eigenvalue weighted by Gasteiger charge is -2.30. The third-order valence-electron chi connectivity index (χ3n) is 2.98. The Morgan fingerprint density at radius 3 is 2.60 bits per heavy atom. The van der Waals surface area contributed by atoms with Crippen molar-refractivity contribution in [2.75, 3.05) is 6.61 Å². The Morgan fingerprint density at radius 1 is 1.33 bits per heavy atom. The van der Waals surface area contributed by atoms with E-state index in [1.165, 1.54) is 6.42 Å². The van der Waals surface area contributed by atoms with E-state index in [0.29, 0.717) is 13.0 Å². The van der Waals surface area contributed by atoms with Gasteiger partial charge in [0.05, 0.1) is 4.87 Å². The number of rotatable bonds is 5. The molecule has 0 bridgehead atoms. The molecule has 0 atom stereocenters. The lowest BCUT2D eigenvalue weighted by Crippen LogP contribution is -2.31. The largest absolute Gasteiger partial charge is 0.464 e. The maximum atomic E-state index is 11.3. The van der Waals surface area contributed by atoms with Crippen LogP contribution in [0.4, 0.5) is 0 Å². The van der Waals surface area contributed by atoms with Crippen LogP contribution in [-0.4, -0.2) is 17.5 Å². The Bertz CT molecular complexity index is 198. The molecule has 1 aliphatic rings. The van der Waals surface area contributed by atoms with Crippen LogP contribution in [0.15, 0.2) is 0 Å². The van der Waals surface area contributed by atoms with E-state index in [0.717, 1.165) is 38.5 Å². The molecule has 0 amide bonds. The first-order valence-electron chi connectivity index (χ1n) is 6.01. The number of ether oxygens (including phenoxy) is 1. The first-order chi connectivity index (χ1) is 7.16. The van der Waals surface area contributed by atoms with Crippen LogP contribution < -0.4 is 0 Å². The monoisotopic (exact) mass is 232 g/mol. The number of hydrogen-bond acceptors (Lipinski definition) is 2. The lowest BCUT2D eigenvalue weighted by molar-refractivity contribution is -0.145. The Morgan fingerprint density at radius 2 is 2.00 bits per heavy atom. The molecule has 1 saturated carbocycles. The molecule has 2 nitrogen and oxygen atoms in total. The summed E-state index contributed by atoms with van der Waals surface area (Å²) in [6.45, 7) is 2.47. The predicted molar refractivity (Wildman–Crippen MR) is 62.2 cm³/mol. The van der Waals surface area contributed by atoms with E-state index in [9.17, 15) is 4.79 Å². The summed E-state index contributed by atoms with van der Waals surface area (Å²) in [4.78, 5) is 11.0. The number of carbonyl (C=O) groups excluding carboxylic acids is 1. The molecular weight excluding hydrogens is 212 g/mol. The summed E-state index contributed by atoms with van der Waals surface area (Å²) in [5.41, 5.74) is 0. The fourth-order valence-corrected chi connectivity index (χ4v) is 2.25. The van der Waals surface area contributed by atoms with Crippen molar-refractivity contribution in [2.24, 2.45) is 0 Å². The standard InChI is InChI=1S/C12H21ClO2/c1-2-3-7-11(14)15-10-12(13)8-5-4-6-9-12/h2-10H2,1H3. The predicted octanol–water partition coefficient (Wildman–Crippen LogP) is 3.66. The van der Waals surface area contributed by atoms with Crippen LogP contribution in [0, 0.1) is 0 Å². The van der Waals surface area contributed by atoms with Crippen LogP contribution in [0.1, 0.15) is 58.3 Å². The van der Waals surface area contributed by atoms with Crippen LogP contribution in [0.5, 0.6) is 0 Å². The highest BCUT2D eigenvalue weighted by Crippen LogP contribution is 2.34. The van der Waals surface area contributed by atoms with Gasteiger partial charge >= 0.3 is 5.97 Å². The van der Waals surface area contributed by atoms with Crippen molar-refractivity contribution < 1.29 is 9.53 Å². The van der Waals surface area contributed by atoms with Crippen molar-refractivity contribution in [3.05, 3.63) is 0 Å². The van der Waals surface area contributed by atoms with Crippen LogP contribution in [-0.2, 0) is 9.53 Å². The summed E-state index contributed by atoms with van der Waals surface area (Å²) in [7, 11) is 0. The van der Waals surface area contributed by atoms with Gasteiger partial charge in [0.15, 0.2) is 0 Å². The summed E-state index contributed by atoms with van der Waals surface area (Å²) >= 11 is 6.38. The SMILES string of the molecule is CCCCC(=O)OCC1(Cl)CCCCC1.